The van der Waals surface area contributed by atoms with Crippen LogP contribution in [0.1, 0.15) is 15.2 Å². The molecule has 0 saturated heterocycles. The van der Waals surface area contributed by atoms with E-state index in [1.807, 2.05) is 0 Å². The number of nitrogens with zero attached hydrogens (tertiary/aromatic N) is 1. The van der Waals surface area contributed by atoms with Crippen LogP contribution in [0, 0.1) is 12.7 Å². The van der Waals surface area contributed by atoms with Gasteiger partial charge in [0.25, 0.3) is 5.56 Å². The summed E-state index contributed by atoms with van der Waals surface area (Å²) in [6, 6.07) is 4.87. The molecule has 0 saturated carbocycles. The quantitative estimate of drug-likeness (QED) is 0.754. The van der Waals surface area contributed by atoms with Gasteiger partial charge in [-0.1, -0.05) is 0 Å². The highest BCUT2D eigenvalue weighted by atomic mass is 32.1. The minimum absolute atomic E-state index is 0.000365. The number of H-pyrrole nitrogens is 1. The van der Waals surface area contributed by atoms with Crippen molar-refractivity contribution in [1.29, 1.82) is 0 Å². The number of aromatic amines is 1. The standard InChI is InChI=1S/C14H9FN2O4S/c1-6-9-11(22-10(6)13(19)20)16-14(21)17(12(9)18)8-4-2-7(15)3-5-8/h2-5H,1H3,(H,16,21)(H,19,20). The fourth-order valence-corrected chi connectivity index (χ4v) is 3.27. The highest BCUT2D eigenvalue weighted by molar-refractivity contribution is 7.20. The monoisotopic (exact) mass is 320 g/mol. The number of aryl methyl sites for hydroxylation is 1. The van der Waals surface area contributed by atoms with Gasteiger partial charge in [0.15, 0.2) is 0 Å². The predicted octanol–water partition coefficient (Wildman–Crippen LogP) is 1.89. The lowest BCUT2D eigenvalue weighted by Gasteiger charge is -2.04. The molecule has 0 bridgehead atoms. The van der Waals surface area contributed by atoms with E-state index in [0.29, 0.717) is 5.56 Å². The Balaban J connectivity index is 2.40. The van der Waals surface area contributed by atoms with Crippen LogP contribution in [0.25, 0.3) is 15.9 Å². The highest BCUT2D eigenvalue weighted by Crippen LogP contribution is 2.26. The molecule has 8 heteroatoms. The van der Waals surface area contributed by atoms with Gasteiger partial charge in [-0.05, 0) is 36.8 Å². The van der Waals surface area contributed by atoms with E-state index in [4.69, 9.17) is 5.11 Å². The molecule has 0 aliphatic rings. The predicted molar refractivity (Wildman–Crippen MR) is 79.7 cm³/mol. The van der Waals surface area contributed by atoms with Crippen LogP contribution in [0.5, 0.6) is 0 Å². The molecule has 1 aromatic carbocycles. The van der Waals surface area contributed by atoms with Crippen LogP contribution in [-0.4, -0.2) is 20.6 Å². The topological polar surface area (TPSA) is 92.2 Å². The second kappa shape index (κ2) is 4.92. The van der Waals surface area contributed by atoms with E-state index in [1.165, 1.54) is 19.1 Å². The minimum atomic E-state index is -1.16. The van der Waals surface area contributed by atoms with Crippen LogP contribution >= 0.6 is 11.3 Å². The van der Waals surface area contributed by atoms with Gasteiger partial charge in [-0.2, -0.15) is 0 Å². The van der Waals surface area contributed by atoms with Gasteiger partial charge in [0, 0.05) is 0 Å². The molecule has 3 rings (SSSR count). The van der Waals surface area contributed by atoms with E-state index in [-0.39, 0.29) is 20.8 Å². The van der Waals surface area contributed by atoms with Gasteiger partial charge in [0.2, 0.25) is 0 Å². The van der Waals surface area contributed by atoms with Crippen molar-refractivity contribution < 1.29 is 14.3 Å². The Morgan fingerprint density at radius 3 is 2.50 bits per heavy atom. The van der Waals surface area contributed by atoms with Crippen molar-refractivity contribution in [2.45, 2.75) is 6.92 Å². The van der Waals surface area contributed by atoms with Gasteiger partial charge in [-0.15, -0.1) is 11.3 Å². The van der Waals surface area contributed by atoms with Gasteiger partial charge >= 0.3 is 11.7 Å². The summed E-state index contributed by atoms with van der Waals surface area (Å²) in [5.74, 6) is -1.65. The fourth-order valence-electron chi connectivity index (χ4n) is 2.24. The van der Waals surface area contributed by atoms with E-state index < -0.39 is 23.0 Å². The summed E-state index contributed by atoms with van der Waals surface area (Å²) >= 11 is 0.838. The Morgan fingerprint density at radius 1 is 1.27 bits per heavy atom. The zero-order valence-electron chi connectivity index (χ0n) is 11.2. The first-order chi connectivity index (χ1) is 10.4. The molecule has 0 atom stereocenters. The van der Waals surface area contributed by atoms with Crippen LogP contribution in [0.2, 0.25) is 0 Å². The van der Waals surface area contributed by atoms with Gasteiger partial charge in [-0.25, -0.2) is 18.5 Å². The molecule has 112 valence electrons. The average Bonchev–Trinajstić information content (AvgIpc) is 2.78. The number of carboxylic acids is 1. The maximum atomic E-state index is 13.0. The summed E-state index contributed by atoms with van der Waals surface area (Å²) < 4.78 is 13.8. The normalized spacial score (nSPS) is 11.0. The van der Waals surface area contributed by atoms with E-state index in [2.05, 4.69) is 4.98 Å². The lowest BCUT2D eigenvalue weighted by Crippen LogP contribution is -2.33. The number of benzene rings is 1. The number of carboxylic acid groups (broad SMARTS) is 1. The Hall–Kier alpha value is -2.74. The molecular formula is C14H9FN2O4S. The average molecular weight is 320 g/mol. The summed E-state index contributed by atoms with van der Waals surface area (Å²) in [5, 5.41) is 9.26. The molecule has 2 heterocycles. The number of hydrogen-bond acceptors (Lipinski definition) is 4. The van der Waals surface area contributed by atoms with Crippen molar-refractivity contribution in [2.24, 2.45) is 0 Å². The second-order valence-electron chi connectivity index (χ2n) is 4.61. The second-order valence-corrected chi connectivity index (χ2v) is 5.63. The number of rotatable bonds is 2. The molecule has 3 aromatic rings. The van der Waals surface area contributed by atoms with Gasteiger partial charge < -0.3 is 5.11 Å². The minimum Gasteiger partial charge on any atom is -0.477 e. The number of nitrogens with one attached hydrogen (secondary N) is 1. The van der Waals surface area contributed by atoms with Crippen LogP contribution in [0.15, 0.2) is 33.9 Å². The maximum absolute atomic E-state index is 13.0. The smallest absolute Gasteiger partial charge is 0.346 e. The van der Waals surface area contributed by atoms with Crippen LogP contribution < -0.4 is 11.2 Å². The third-order valence-electron chi connectivity index (χ3n) is 3.27. The maximum Gasteiger partial charge on any atom is 0.346 e. The molecule has 2 aromatic heterocycles. The number of aromatic carboxylic acids is 1. The number of hydrogen-bond donors (Lipinski definition) is 2. The van der Waals surface area contributed by atoms with Gasteiger partial charge in [-0.3, -0.25) is 9.78 Å². The molecule has 0 unspecified atom stereocenters. The molecule has 0 aliphatic carbocycles. The van der Waals surface area contributed by atoms with E-state index in [0.717, 1.165) is 28.0 Å². The Kier molecular flexibility index (Phi) is 3.18. The third-order valence-corrected chi connectivity index (χ3v) is 4.46. The number of fused-ring (bicyclic) bond motifs is 1. The summed E-state index contributed by atoms with van der Waals surface area (Å²) in [4.78, 5) is 38.5. The molecule has 6 nitrogen and oxygen atoms in total. The highest BCUT2D eigenvalue weighted by Gasteiger charge is 2.20. The van der Waals surface area contributed by atoms with Gasteiger partial charge in [0.05, 0.1) is 11.1 Å². The largest absolute Gasteiger partial charge is 0.477 e. The molecular weight excluding hydrogens is 311 g/mol. The zero-order valence-corrected chi connectivity index (χ0v) is 12.0. The van der Waals surface area contributed by atoms with Crippen molar-refractivity contribution in [2.75, 3.05) is 0 Å². The lowest BCUT2D eigenvalue weighted by atomic mass is 10.2. The number of halogens is 1. The lowest BCUT2D eigenvalue weighted by molar-refractivity contribution is 0.0701. The molecule has 2 N–H and O–H groups in total. The summed E-state index contributed by atoms with van der Waals surface area (Å²) in [6.07, 6.45) is 0. The first kappa shape index (κ1) is 14.2. The van der Waals surface area contributed by atoms with Crippen molar-refractivity contribution in [3.63, 3.8) is 0 Å². The molecule has 22 heavy (non-hydrogen) atoms. The van der Waals surface area contributed by atoms with Gasteiger partial charge in [0.1, 0.15) is 15.5 Å². The molecule has 0 radical (unpaired) electrons. The Bertz CT molecular complexity index is 1010. The van der Waals surface area contributed by atoms with Crippen molar-refractivity contribution in [3.05, 3.63) is 61.4 Å². The van der Waals surface area contributed by atoms with E-state index in [9.17, 15) is 18.8 Å². The molecule has 0 fully saturated rings. The van der Waals surface area contributed by atoms with Crippen LogP contribution in [-0.2, 0) is 0 Å². The molecule has 0 amide bonds. The number of thiophene rings is 1. The zero-order chi connectivity index (χ0) is 16.0. The van der Waals surface area contributed by atoms with Crippen molar-refractivity contribution in [1.82, 2.24) is 9.55 Å². The van der Waals surface area contributed by atoms with Crippen molar-refractivity contribution >= 4 is 27.5 Å². The number of aromatic nitrogens is 2. The summed E-state index contributed by atoms with van der Waals surface area (Å²) in [7, 11) is 0. The summed E-state index contributed by atoms with van der Waals surface area (Å²) in [6.45, 7) is 1.51. The fraction of sp³-hybridized carbons (Fsp3) is 0.0714. The third kappa shape index (κ3) is 2.04. The SMILES string of the molecule is Cc1c(C(=O)O)sc2[nH]c(=O)n(-c3ccc(F)cc3)c(=O)c12. The first-order valence-corrected chi connectivity index (χ1v) is 6.99. The Labute approximate surface area is 126 Å². The molecule has 0 spiro atoms. The van der Waals surface area contributed by atoms with E-state index in [1.54, 1.807) is 0 Å². The van der Waals surface area contributed by atoms with Crippen LogP contribution in [0.4, 0.5) is 4.39 Å². The van der Waals surface area contributed by atoms with E-state index >= 15 is 0 Å². The first-order valence-electron chi connectivity index (χ1n) is 6.18. The number of carbonyl (C=O) groups is 1. The Morgan fingerprint density at radius 2 is 1.91 bits per heavy atom. The molecule has 0 aliphatic heterocycles. The van der Waals surface area contributed by atoms with Crippen LogP contribution in [0.3, 0.4) is 0 Å². The van der Waals surface area contributed by atoms with Crippen molar-refractivity contribution in [3.8, 4) is 5.69 Å². The summed E-state index contributed by atoms with van der Waals surface area (Å²) in [5.41, 5.74) is -0.837.